The van der Waals surface area contributed by atoms with E-state index in [1.165, 1.54) is 5.57 Å². The lowest BCUT2D eigenvalue weighted by atomic mass is 10.0. The number of methoxy groups -OCH3 is 1. The van der Waals surface area contributed by atoms with Crippen molar-refractivity contribution in [2.75, 3.05) is 13.7 Å². The lowest BCUT2D eigenvalue weighted by molar-refractivity contribution is -0.120. The van der Waals surface area contributed by atoms with Crippen molar-refractivity contribution in [1.82, 2.24) is 5.32 Å². The first-order valence-corrected chi connectivity index (χ1v) is 5.43. The van der Waals surface area contributed by atoms with Crippen LogP contribution >= 0.6 is 0 Å². The van der Waals surface area contributed by atoms with Crippen LogP contribution in [0.25, 0.3) is 0 Å². The summed E-state index contributed by atoms with van der Waals surface area (Å²) in [5.74, 6) is 0.116. The van der Waals surface area contributed by atoms with Crippen molar-refractivity contribution in [2.24, 2.45) is 0 Å². The molecule has 0 fully saturated rings. The van der Waals surface area contributed by atoms with Gasteiger partial charge >= 0.3 is 0 Å². The summed E-state index contributed by atoms with van der Waals surface area (Å²) in [4.78, 5) is 11.0. The van der Waals surface area contributed by atoms with Crippen molar-refractivity contribution in [3.05, 3.63) is 23.8 Å². The summed E-state index contributed by atoms with van der Waals surface area (Å²) in [6.45, 7) is 2.58. The van der Waals surface area contributed by atoms with Crippen LogP contribution in [0.2, 0.25) is 0 Å². The average molecular weight is 209 g/mol. The van der Waals surface area contributed by atoms with Gasteiger partial charge in [-0.1, -0.05) is 30.7 Å². The maximum Gasteiger partial charge on any atom is 0.219 e. The number of amides is 1. The average Bonchev–Trinajstić information content (AvgIpc) is 2.29. The molecule has 15 heavy (non-hydrogen) atoms. The summed E-state index contributed by atoms with van der Waals surface area (Å²) in [5, 5.41) is 2.86. The Morgan fingerprint density at radius 3 is 3.00 bits per heavy atom. The van der Waals surface area contributed by atoms with Gasteiger partial charge in [-0.05, 0) is 12.8 Å². The first-order chi connectivity index (χ1) is 7.26. The van der Waals surface area contributed by atoms with E-state index in [2.05, 4.69) is 23.5 Å². The van der Waals surface area contributed by atoms with E-state index in [-0.39, 0.29) is 12.0 Å². The van der Waals surface area contributed by atoms with Crippen molar-refractivity contribution < 1.29 is 9.53 Å². The summed E-state index contributed by atoms with van der Waals surface area (Å²) in [5.41, 5.74) is 1.28. The zero-order valence-corrected chi connectivity index (χ0v) is 9.45. The summed E-state index contributed by atoms with van der Waals surface area (Å²) in [6.07, 6.45) is 8.93. The van der Waals surface area contributed by atoms with Gasteiger partial charge in [0.15, 0.2) is 0 Å². The molecule has 0 aliphatic heterocycles. The van der Waals surface area contributed by atoms with Gasteiger partial charge in [0.2, 0.25) is 5.91 Å². The minimum atomic E-state index is 0.116. The molecule has 0 aromatic heterocycles. The second-order valence-electron chi connectivity index (χ2n) is 3.60. The lowest BCUT2D eigenvalue weighted by Gasteiger charge is -2.14. The third kappa shape index (κ3) is 4.30. The SMILES string of the molecule is CCC(=O)NCCC1=CCC(OC)C=C1. The number of ether oxygens (including phenoxy) is 1. The fourth-order valence-corrected chi connectivity index (χ4v) is 1.48. The molecule has 84 valence electrons. The van der Waals surface area contributed by atoms with Crippen molar-refractivity contribution in [2.45, 2.75) is 32.3 Å². The maximum absolute atomic E-state index is 11.0. The zero-order valence-electron chi connectivity index (χ0n) is 9.45. The highest BCUT2D eigenvalue weighted by molar-refractivity contribution is 5.75. The quantitative estimate of drug-likeness (QED) is 0.750. The van der Waals surface area contributed by atoms with E-state index >= 15 is 0 Å². The van der Waals surface area contributed by atoms with Gasteiger partial charge in [0.05, 0.1) is 6.10 Å². The third-order valence-corrected chi connectivity index (χ3v) is 2.50. The van der Waals surface area contributed by atoms with Crippen molar-refractivity contribution in [3.63, 3.8) is 0 Å². The fourth-order valence-electron chi connectivity index (χ4n) is 1.48. The molecule has 1 amide bonds. The number of rotatable bonds is 5. The molecule has 1 aliphatic rings. The lowest BCUT2D eigenvalue weighted by Crippen LogP contribution is -2.23. The van der Waals surface area contributed by atoms with Crippen molar-refractivity contribution in [3.8, 4) is 0 Å². The van der Waals surface area contributed by atoms with E-state index in [9.17, 15) is 4.79 Å². The highest BCUT2D eigenvalue weighted by Crippen LogP contribution is 2.14. The highest BCUT2D eigenvalue weighted by atomic mass is 16.5. The molecule has 1 atom stereocenters. The molecule has 0 aromatic carbocycles. The van der Waals surface area contributed by atoms with Crippen molar-refractivity contribution in [1.29, 1.82) is 0 Å². The van der Waals surface area contributed by atoms with Crippen LogP contribution < -0.4 is 5.32 Å². The first kappa shape index (κ1) is 12.0. The Morgan fingerprint density at radius 1 is 1.67 bits per heavy atom. The highest BCUT2D eigenvalue weighted by Gasteiger charge is 2.06. The van der Waals surface area contributed by atoms with Crippen LogP contribution in [0.5, 0.6) is 0 Å². The standard InChI is InChI=1S/C12H19NO2/c1-3-12(14)13-9-8-10-4-6-11(15-2)7-5-10/h4-6,11H,3,7-9H2,1-2H3,(H,13,14). The third-order valence-electron chi connectivity index (χ3n) is 2.50. The Kier molecular flexibility index (Phi) is 5.12. The van der Waals surface area contributed by atoms with E-state index in [1.807, 2.05) is 6.92 Å². The predicted molar refractivity (Wildman–Crippen MR) is 60.6 cm³/mol. The van der Waals surface area contributed by atoms with E-state index in [0.717, 1.165) is 19.4 Å². The number of carbonyl (C=O) groups is 1. The molecule has 0 saturated heterocycles. The number of nitrogens with one attached hydrogen (secondary N) is 1. The summed E-state index contributed by atoms with van der Waals surface area (Å²) in [7, 11) is 1.72. The van der Waals surface area contributed by atoms with Crippen LogP contribution in [-0.2, 0) is 9.53 Å². The number of hydrogen-bond donors (Lipinski definition) is 1. The van der Waals surface area contributed by atoms with Crippen LogP contribution in [0.1, 0.15) is 26.2 Å². The minimum absolute atomic E-state index is 0.116. The van der Waals surface area contributed by atoms with Gasteiger partial charge in [0.1, 0.15) is 0 Å². The van der Waals surface area contributed by atoms with Crippen LogP contribution in [0.4, 0.5) is 0 Å². The topological polar surface area (TPSA) is 38.3 Å². The van der Waals surface area contributed by atoms with Crippen molar-refractivity contribution >= 4 is 5.91 Å². The van der Waals surface area contributed by atoms with E-state index < -0.39 is 0 Å². The Hall–Kier alpha value is -1.09. The molecule has 0 bridgehead atoms. The smallest absolute Gasteiger partial charge is 0.219 e. The molecule has 0 heterocycles. The van der Waals surface area contributed by atoms with E-state index in [0.29, 0.717) is 6.42 Å². The molecule has 1 rings (SSSR count). The normalized spacial score (nSPS) is 19.9. The van der Waals surface area contributed by atoms with Crippen LogP contribution in [0.15, 0.2) is 23.8 Å². The molecule has 0 saturated carbocycles. The van der Waals surface area contributed by atoms with Gasteiger partial charge < -0.3 is 10.1 Å². The van der Waals surface area contributed by atoms with Gasteiger partial charge in [0, 0.05) is 20.1 Å². The number of carbonyl (C=O) groups excluding carboxylic acids is 1. The molecule has 0 radical (unpaired) electrons. The predicted octanol–water partition coefficient (Wildman–Crippen LogP) is 1.80. The summed E-state index contributed by atoms with van der Waals surface area (Å²) in [6, 6.07) is 0. The van der Waals surface area contributed by atoms with E-state index in [1.54, 1.807) is 7.11 Å². The molecule has 1 N–H and O–H groups in total. The molecule has 1 unspecified atom stereocenters. The molecular formula is C12H19NO2. The molecule has 3 heteroatoms. The second-order valence-corrected chi connectivity index (χ2v) is 3.60. The van der Waals surface area contributed by atoms with Gasteiger partial charge in [0.25, 0.3) is 0 Å². The van der Waals surface area contributed by atoms with Gasteiger partial charge in [-0.15, -0.1) is 0 Å². The zero-order chi connectivity index (χ0) is 11.1. The van der Waals surface area contributed by atoms with Crippen LogP contribution in [0, 0.1) is 0 Å². The van der Waals surface area contributed by atoms with Gasteiger partial charge in [-0.3, -0.25) is 4.79 Å². The molecule has 3 nitrogen and oxygen atoms in total. The molecule has 1 aliphatic carbocycles. The fraction of sp³-hybridized carbons (Fsp3) is 0.583. The Morgan fingerprint density at radius 2 is 2.47 bits per heavy atom. The first-order valence-electron chi connectivity index (χ1n) is 5.43. The van der Waals surface area contributed by atoms with Gasteiger partial charge in [-0.2, -0.15) is 0 Å². The minimum Gasteiger partial charge on any atom is -0.377 e. The Bertz CT molecular complexity index is 269. The van der Waals surface area contributed by atoms with Gasteiger partial charge in [-0.25, -0.2) is 0 Å². The molecule has 0 spiro atoms. The summed E-state index contributed by atoms with van der Waals surface area (Å²) >= 11 is 0. The number of hydrogen-bond acceptors (Lipinski definition) is 2. The van der Waals surface area contributed by atoms with Crippen LogP contribution in [0.3, 0.4) is 0 Å². The largest absolute Gasteiger partial charge is 0.377 e. The maximum atomic E-state index is 11.0. The Labute approximate surface area is 91.2 Å². The number of allylic oxidation sites excluding steroid dienone is 1. The molecule has 0 aromatic rings. The van der Waals surface area contributed by atoms with Crippen LogP contribution in [-0.4, -0.2) is 25.7 Å². The monoisotopic (exact) mass is 209 g/mol. The Balaban J connectivity index is 2.21. The molecular weight excluding hydrogens is 190 g/mol. The van der Waals surface area contributed by atoms with E-state index in [4.69, 9.17) is 4.74 Å². The second kappa shape index (κ2) is 6.40. The summed E-state index contributed by atoms with van der Waals surface area (Å²) < 4.78 is 5.20.